The van der Waals surface area contributed by atoms with Crippen LogP contribution in [-0.4, -0.2) is 31.5 Å². The van der Waals surface area contributed by atoms with E-state index in [1.54, 1.807) is 42.8 Å². The molecule has 3 aromatic heterocycles. The molecule has 0 aliphatic rings. The van der Waals surface area contributed by atoms with Gasteiger partial charge in [-0.1, -0.05) is 48.6 Å². The average molecular weight is 587 g/mol. The normalized spacial score (nSPS) is 10.5. The molecule has 0 spiro atoms. The number of ether oxygens (including phenoxy) is 1. The summed E-state index contributed by atoms with van der Waals surface area (Å²) < 4.78 is 16.2. The first-order valence-corrected chi connectivity index (χ1v) is 13.8. The molecule has 0 fully saturated rings. The highest BCUT2D eigenvalue weighted by Crippen LogP contribution is 2.38. The van der Waals surface area contributed by atoms with Crippen molar-refractivity contribution >= 4 is 51.2 Å². The fourth-order valence-electron chi connectivity index (χ4n) is 3.43. The number of aldehydes is 1. The molecule has 0 aliphatic heterocycles. The lowest BCUT2D eigenvalue weighted by Crippen LogP contribution is -2.11. The molecule has 0 unspecified atom stereocenters. The summed E-state index contributed by atoms with van der Waals surface area (Å²) in [4.78, 5) is 25.0. The van der Waals surface area contributed by atoms with Gasteiger partial charge in [0.15, 0.2) is 17.6 Å². The van der Waals surface area contributed by atoms with Gasteiger partial charge in [-0.3, -0.25) is 9.59 Å². The number of para-hydroxylation sites is 2. The molecule has 0 radical (unpaired) electrons. The van der Waals surface area contributed by atoms with E-state index in [4.69, 9.17) is 18.7 Å². The number of aliphatic hydroxyl groups excluding tert-OH is 1. The molecule has 5 rings (SSSR count). The lowest BCUT2D eigenvalue weighted by molar-refractivity contribution is 0.0998. The summed E-state index contributed by atoms with van der Waals surface area (Å²) in [5, 5.41) is 22.3. The summed E-state index contributed by atoms with van der Waals surface area (Å²) in [5.74, 6) is 1.14. The fraction of sp³-hybridized carbons (Fsp3) is 0.182. The van der Waals surface area contributed by atoms with Crippen molar-refractivity contribution in [3.05, 3.63) is 101 Å². The van der Waals surface area contributed by atoms with E-state index in [0.717, 1.165) is 23.6 Å². The van der Waals surface area contributed by atoms with Crippen molar-refractivity contribution in [3.8, 4) is 16.7 Å². The summed E-state index contributed by atoms with van der Waals surface area (Å²) in [6.45, 7) is 7.86. The number of anilines is 1. The number of hydrogen-bond acceptors (Lipinski definition) is 8. The summed E-state index contributed by atoms with van der Waals surface area (Å²) in [6, 6.07) is 18.1. The Morgan fingerprint density at radius 2 is 1.71 bits per heavy atom. The van der Waals surface area contributed by atoms with Crippen molar-refractivity contribution in [2.24, 2.45) is 0 Å². The topological polar surface area (TPSA) is 126 Å². The highest BCUT2D eigenvalue weighted by atomic mass is 32.1. The number of benzene rings is 2. The van der Waals surface area contributed by atoms with Crippen molar-refractivity contribution in [1.29, 1.82) is 5.26 Å². The van der Waals surface area contributed by atoms with Gasteiger partial charge in [0.25, 0.3) is 5.91 Å². The van der Waals surface area contributed by atoms with Crippen molar-refractivity contribution in [1.82, 2.24) is 0 Å². The number of rotatable bonds is 5. The summed E-state index contributed by atoms with van der Waals surface area (Å²) in [6.07, 6.45) is 6.60. The standard InChI is InChI=1S/C23H12N2O4S.C5H10O.C4H8.CH4O/c24-10-15-6-3-5-14-9-19(29-21(14)15)22-16(11-26)17(12-30-22)25-23(27)20-8-13-4-1-2-7-18(13)28-20;1-4-5(2)6-3;1-3-4-2;1-2/h1-9,11-12H,(H,25,27);4H,1-3H3;3-4H,1-2H3;2H,1H3/b;5-4+;4-3-;. The summed E-state index contributed by atoms with van der Waals surface area (Å²) >= 11 is 1.27. The van der Waals surface area contributed by atoms with Crippen LogP contribution in [0.25, 0.3) is 32.6 Å². The second-order valence-electron chi connectivity index (χ2n) is 8.33. The SMILES string of the molecule is C/C=C(\C)OC.C/C=C\C.CO.N#Cc1cccc2cc(-c3scc(NC(=O)c4cc5ccccc5o4)c3C=O)oc12. The van der Waals surface area contributed by atoms with Gasteiger partial charge >= 0.3 is 0 Å². The van der Waals surface area contributed by atoms with Gasteiger partial charge < -0.3 is 24.0 Å². The maximum atomic E-state index is 12.6. The third-order valence-electron chi connectivity index (χ3n) is 5.79. The van der Waals surface area contributed by atoms with Crippen LogP contribution in [0.5, 0.6) is 0 Å². The highest BCUT2D eigenvalue weighted by molar-refractivity contribution is 7.14. The van der Waals surface area contributed by atoms with E-state index in [1.165, 1.54) is 11.3 Å². The third-order valence-corrected chi connectivity index (χ3v) is 6.81. The van der Waals surface area contributed by atoms with Gasteiger partial charge in [-0.2, -0.15) is 5.26 Å². The second-order valence-corrected chi connectivity index (χ2v) is 9.21. The Labute approximate surface area is 249 Å². The number of fused-ring (bicyclic) bond motifs is 2. The van der Waals surface area contributed by atoms with Crippen LogP contribution in [0.1, 0.15) is 54.2 Å². The van der Waals surface area contributed by atoms with Crippen LogP contribution in [0.3, 0.4) is 0 Å². The number of thiophene rings is 1. The fourth-order valence-corrected chi connectivity index (χ4v) is 4.35. The molecule has 0 aliphatic carbocycles. The van der Waals surface area contributed by atoms with Crippen LogP contribution < -0.4 is 5.32 Å². The van der Waals surface area contributed by atoms with Gasteiger partial charge in [0.05, 0.1) is 34.6 Å². The van der Waals surface area contributed by atoms with Crippen molar-refractivity contribution in [2.75, 3.05) is 19.5 Å². The maximum Gasteiger partial charge on any atom is 0.291 e. The molecule has 8 nitrogen and oxygen atoms in total. The minimum atomic E-state index is -0.449. The predicted molar refractivity (Wildman–Crippen MR) is 169 cm³/mol. The van der Waals surface area contributed by atoms with Gasteiger partial charge in [0, 0.05) is 23.3 Å². The molecule has 1 amide bonds. The van der Waals surface area contributed by atoms with E-state index in [-0.39, 0.29) is 5.76 Å². The Bertz CT molecular complexity index is 1680. The average Bonchev–Trinajstić information content (AvgIpc) is 3.78. The maximum absolute atomic E-state index is 12.6. The quantitative estimate of drug-likeness (QED) is 0.120. The van der Waals surface area contributed by atoms with Crippen molar-refractivity contribution in [2.45, 2.75) is 27.7 Å². The van der Waals surface area contributed by atoms with Crippen LogP contribution >= 0.6 is 11.3 Å². The van der Waals surface area contributed by atoms with Crippen LogP contribution in [0.15, 0.2) is 92.8 Å². The molecule has 2 aromatic carbocycles. The molecule has 0 bridgehead atoms. The zero-order chi connectivity index (χ0) is 31.1. The molecule has 0 saturated heterocycles. The Hall–Kier alpha value is -4.91. The number of nitrogens with zero attached hydrogens (tertiary/aromatic N) is 1. The van der Waals surface area contributed by atoms with Gasteiger partial charge in [0.1, 0.15) is 17.4 Å². The van der Waals surface area contributed by atoms with E-state index in [1.807, 2.05) is 70.2 Å². The number of nitriles is 1. The number of amides is 1. The first kappa shape index (κ1) is 33.3. The molecule has 3 heterocycles. The molecular formula is C33H34N2O6S. The van der Waals surface area contributed by atoms with Crippen molar-refractivity contribution < 1.29 is 28.3 Å². The Kier molecular flexibility index (Phi) is 13.5. The number of nitrogens with one attached hydrogen (secondary N) is 1. The number of aliphatic hydroxyl groups is 1. The summed E-state index contributed by atoms with van der Waals surface area (Å²) in [5.41, 5.74) is 2.17. The lowest BCUT2D eigenvalue weighted by Gasteiger charge is -2.02. The number of carbonyl (C=O) groups is 2. The number of methoxy groups -OCH3 is 1. The molecule has 9 heteroatoms. The largest absolute Gasteiger partial charge is 0.502 e. The smallest absolute Gasteiger partial charge is 0.291 e. The van der Waals surface area contributed by atoms with Gasteiger partial charge in [0.2, 0.25) is 0 Å². The van der Waals surface area contributed by atoms with E-state index in [0.29, 0.717) is 44.9 Å². The summed E-state index contributed by atoms with van der Waals surface area (Å²) in [7, 11) is 2.66. The Morgan fingerprint density at radius 1 is 1.02 bits per heavy atom. The van der Waals surface area contributed by atoms with E-state index < -0.39 is 5.91 Å². The van der Waals surface area contributed by atoms with Gasteiger partial charge in [-0.15, -0.1) is 11.3 Å². The first-order valence-electron chi connectivity index (χ1n) is 12.9. The highest BCUT2D eigenvalue weighted by Gasteiger charge is 2.20. The first-order chi connectivity index (χ1) is 20.4. The zero-order valence-corrected chi connectivity index (χ0v) is 25.2. The van der Waals surface area contributed by atoms with E-state index in [2.05, 4.69) is 11.4 Å². The Balaban J connectivity index is 0.000000441. The van der Waals surface area contributed by atoms with Crippen LogP contribution in [-0.2, 0) is 4.74 Å². The molecule has 2 N–H and O–H groups in total. The predicted octanol–water partition coefficient (Wildman–Crippen LogP) is 8.59. The molecule has 42 heavy (non-hydrogen) atoms. The molecule has 0 atom stereocenters. The van der Waals surface area contributed by atoms with E-state index >= 15 is 0 Å². The number of carbonyl (C=O) groups excluding carboxylic acids is 2. The molecular weight excluding hydrogens is 552 g/mol. The monoisotopic (exact) mass is 586 g/mol. The number of furan rings is 2. The van der Waals surface area contributed by atoms with E-state index in [9.17, 15) is 14.9 Å². The van der Waals surface area contributed by atoms with Crippen LogP contribution in [0.4, 0.5) is 5.69 Å². The molecule has 0 saturated carbocycles. The lowest BCUT2D eigenvalue weighted by atomic mass is 10.1. The van der Waals surface area contributed by atoms with Crippen LogP contribution in [0.2, 0.25) is 0 Å². The minimum Gasteiger partial charge on any atom is -0.502 e. The van der Waals surface area contributed by atoms with Gasteiger partial charge in [-0.05, 0) is 52.0 Å². The second kappa shape index (κ2) is 17.0. The Morgan fingerprint density at radius 3 is 2.29 bits per heavy atom. The van der Waals surface area contributed by atoms with Gasteiger partial charge in [-0.25, -0.2) is 0 Å². The third kappa shape index (κ3) is 8.30. The number of allylic oxidation sites excluding steroid dienone is 4. The number of hydrogen-bond donors (Lipinski definition) is 2. The minimum absolute atomic E-state index is 0.156. The van der Waals surface area contributed by atoms with Crippen molar-refractivity contribution in [3.63, 3.8) is 0 Å². The van der Waals surface area contributed by atoms with Crippen LogP contribution in [0, 0.1) is 11.3 Å². The zero-order valence-electron chi connectivity index (χ0n) is 24.4. The molecule has 218 valence electrons. The molecule has 5 aromatic rings.